The predicted octanol–water partition coefficient (Wildman–Crippen LogP) is 0.567. The summed E-state index contributed by atoms with van der Waals surface area (Å²) in [4.78, 5) is 11.6. The van der Waals surface area contributed by atoms with Crippen LogP contribution in [0.25, 0.3) is 0 Å². The molecule has 0 aliphatic carbocycles. The molecule has 1 rings (SSSR count). The third-order valence-electron chi connectivity index (χ3n) is 2.20. The zero-order valence-electron chi connectivity index (χ0n) is 9.65. The van der Waals surface area contributed by atoms with E-state index in [1.807, 2.05) is 6.92 Å². The van der Waals surface area contributed by atoms with Crippen molar-refractivity contribution in [2.24, 2.45) is 0 Å². The van der Waals surface area contributed by atoms with E-state index >= 15 is 0 Å². The molecule has 0 fully saturated rings. The number of halogens is 2. The number of hydrogen-bond donors (Lipinski definition) is 2. The van der Waals surface area contributed by atoms with E-state index in [1.165, 1.54) is 4.68 Å². The van der Waals surface area contributed by atoms with Gasteiger partial charge in [0.1, 0.15) is 11.8 Å². The van der Waals surface area contributed by atoms with E-state index in [2.05, 4.69) is 10.4 Å². The summed E-state index contributed by atoms with van der Waals surface area (Å²) < 4.78 is 25.5. The number of aryl methyl sites for hydroxylation is 2. The normalized spacial score (nSPS) is 12.8. The van der Waals surface area contributed by atoms with Gasteiger partial charge in [-0.3, -0.25) is 9.48 Å². The maximum Gasteiger partial charge on any atom is 0.269 e. The van der Waals surface area contributed by atoms with Crippen molar-refractivity contribution in [2.45, 2.75) is 32.9 Å². The van der Waals surface area contributed by atoms with Crippen molar-refractivity contribution in [3.05, 3.63) is 17.5 Å². The Morgan fingerprint density at radius 1 is 1.65 bits per heavy atom. The van der Waals surface area contributed by atoms with Crippen LogP contribution in [0.2, 0.25) is 0 Å². The Morgan fingerprint density at radius 2 is 2.29 bits per heavy atom. The number of carbonyl (C=O) groups is 1. The van der Waals surface area contributed by atoms with E-state index in [-0.39, 0.29) is 0 Å². The summed E-state index contributed by atoms with van der Waals surface area (Å²) in [5.41, 5.74) is 0.970. The lowest BCUT2D eigenvalue weighted by atomic mass is 10.3. The van der Waals surface area contributed by atoms with Gasteiger partial charge in [-0.2, -0.15) is 5.10 Å². The predicted molar refractivity (Wildman–Crippen MR) is 57.0 cm³/mol. The first-order valence-electron chi connectivity index (χ1n) is 5.24. The van der Waals surface area contributed by atoms with E-state index in [1.54, 1.807) is 13.0 Å². The SMILES string of the molecule is CCn1nc(C)cc1C(=O)NCC(O)C(F)F. The van der Waals surface area contributed by atoms with Crippen molar-refractivity contribution in [1.82, 2.24) is 15.1 Å². The minimum Gasteiger partial charge on any atom is -0.385 e. The smallest absolute Gasteiger partial charge is 0.269 e. The number of aliphatic hydroxyl groups is 1. The van der Waals surface area contributed by atoms with Gasteiger partial charge in [-0.15, -0.1) is 0 Å². The first-order valence-corrected chi connectivity index (χ1v) is 5.24. The molecule has 0 spiro atoms. The molecule has 96 valence electrons. The first-order chi connectivity index (χ1) is 7.95. The summed E-state index contributed by atoms with van der Waals surface area (Å²) in [5, 5.41) is 15.2. The summed E-state index contributed by atoms with van der Waals surface area (Å²) in [6, 6.07) is 1.56. The highest BCUT2D eigenvalue weighted by Gasteiger charge is 2.19. The summed E-state index contributed by atoms with van der Waals surface area (Å²) in [7, 11) is 0. The lowest BCUT2D eigenvalue weighted by molar-refractivity contribution is -0.00275. The van der Waals surface area contributed by atoms with Crippen molar-refractivity contribution in [3.63, 3.8) is 0 Å². The largest absolute Gasteiger partial charge is 0.385 e. The molecule has 2 N–H and O–H groups in total. The average molecular weight is 247 g/mol. The third-order valence-corrected chi connectivity index (χ3v) is 2.20. The second-order valence-corrected chi connectivity index (χ2v) is 3.60. The average Bonchev–Trinajstić information content (AvgIpc) is 2.66. The lowest BCUT2D eigenvalue weighted by Crippen LogP contribution is -2.36. The monoisotopic (exact) mass is 247 g/mol. The van der Waals surface area contributed by atoms with Gasteiger partial charge in [-0.25, -0.2) is 8.78 Å². The highest BCUT2D eigenvalue weighted by Crippen LogP contribution is 2.04. The van der Waals surface area contributed by atoms with Crippen LogP contribution in [-0.4, -0.2) is 39.9 Å². The van der Waals surface area contributed by atoms with Gasteiger partial charge in [0.15, 0.2) is 0 Å². The lowest BCUT2D eigenvalue weighted by Gasteiger charge is -2.11. The van der Waals surface area contributed by atoms with Crippen molar-refractivity contribution < 1.29 is 18.7 Å². The van der Waals surface area contributed by atoms with Crippen LogP contribution < -0.4 is 5.32 Å². The van der Waals surface area contributed by atoms with Gasteiger partial charge in [-0.1, -0.05) is 0 Å². The Labute approximate surface area is 97.4 Å². The van der Waals surface area contributed by atoms with Crippen molar-refractivity contribution >= 4 is 5.91 Å². The maximum atomic E-state index is 12.0. The molecule has 17 heavy (non-hydrogen) atoms. The molecule has 0 aliphatic heterocycles. The number of hydrogen-bond acceptors (Lipinski definition) is 3. The molecule has 5 nitrogen and oxygen atoms in total. The Morgan fingerprint density at radius 3 is 2.82 bits per heavy atom. The Kier molecular flexibility index (Phi) is 4.56. The number of nitrogens with one attached hydrogen (secondary N) is 1. The van der Waals surface area contributed by atoms with Crippen LogP contribution in [0.15, 0.2) is 6.07 Å². The Hall–Kier alpha value is -1.50. The van der Waals surface area contributed by atoms with Crippen molar-refractivity contribution in [3.8, 4) is 0 Å². The van der Waals surface area contributed by atoms with Crippen LogP contribution in [0.5, 0.6) is 0 Å². The second kappa shape index (κ2) is 5.72. The molecule has 1 atom stereocenters. The summed E-state index contributed by atoms with van der Waals surface area (Å²) >= 11 is 0. The highest BCUT2D eigenvalue weighted by molar-refractivity contribution is 5.92. The number of amides is 1. The third kappa shape index (κ3) is 3.48. The fraction of sp³-hybridized carbons (Fsp3) is 0.600. The highest BCUT2D eigenvalue weighted by atomic mass is 19.3. The van der Waals surface area contributed by atoms with Crippen LogP contribution >= 0.6 is 0 Å². The number of alkyl halides is 2. The van der Waals surface area contributed by atoms with Gasteiger partial charge >= 0.3 is 0 Å². The summed E-state index contributed by atoms with van der Waals surface area (Å²) in [5.74, 6) is -0.521. The van der Waals surface area contributed by atoms with Crippen LogP contribution in [0.3, 0.4) is 0 Å². The van der Waals surface area contributed by atoms with Gasteiger partial charge in [-0.05, 0) is 19.9 Å². The van der Waals surface area contributed by atoms with Crippen LogP contribution in [0, 0.1) is 6.92 Å². The van der Waals surface area contributed by atoms with Gasteiger partial charge in [0.2, 0.25) is 0 Å². The zero-order valence-corrected chi connectivity index (χ0v) is 9.65. The van der Waals surface area contributed by atoms with E-state index < -0.39 is 25.0 Å². The van der Waals surface area contributed by atoms with Crippen LogP contribution in [0.4, 0.5) is 8.78 Å². The molecular formula is C10H15F2N3O2. The Balaban J connectivity index is 2.63. The molecule has 0 radical (unpaired) electrons. The molecule has 1 aromatic heterocycles. The van der Waals surface area contributed by atoms with Crippen molar-refractivity contribution in [1.29, 1.82) is 0 Å². The minimum atomic E-state index is -2.87. The molecule has 1 amide bonds. The van der Waals surface area contributed by atoms with Crippen LogP contribution in [-0.2, 0) is 6.54 Å². The summed E-state index contributed by atoms with van der Waals surface area (Å²) in [6.07, 6.45) is -4.72. The van der Waals surface area contributed by atoms with E-state index in [4.69, 9.17) is 5.11 Å². The van der Waals surface area contributed by atoms with Gasteiger partial charge in [0, 0.05) is 13.1 Å². The molecule has 0 bridgehead atoms. The van der Waals surface area contributed by atoms with Crippen LogP contribution in [0.1, 0.15) is 23.1 Å². The summed E-state index contributed by atoms with van der Waals surface area (Å²) in [6.45, 7) is 3.58. The van der Waals surface area contributed by atoms with E-state index in [0.717, 1.165) is 0 Å². The number of nitrogens with zero attached hydrogens (tertiary/aromatic N) is 2. The standard InChI is InChI=1S/C10H15F2N3O2/c1-3-15-7(4-6(2)14-15)10(17)13-5-8(16)9(11)12/h4,8-9,16H,3,5H2,1-2H3,(H,13,17). The number of rotatable bonds is 5. The second-order valence-electron chi connectivity index (χ2n) is 3.60. The zero-order chi connectivity index (χ0) is 13.0. The topological polar surface area (TPSA) is 67.2 Å². The number of aromatic nitrogens is 2. The molecule has 1 aromatic rings. The molecule has 0 aliphatic rings. The molecule has 1 heterocycles. The molecule has 7 heteroatoms. The fourth-order valence-electron chi connectivity index (χ4n) is 1.35. The number of carbonyl (C=O) groups excluding carboxylic acids is 1. The van der Waals surface area contributed by atoms with E-state index in [9.17, 15) is 13.6 Å². The molecular weight excluding hydrogens is 232 g/mol. The maximum absolute atomic E-state index is 12.0. The first kappa shape index (κ1) is 13.6. The van der Waals surface area contributed by atoms with Gasteiger partial charge in [0.05, 0.1) is 5.69 Å². The van der Waals surface area contributed by atoms with Crippen molar-refractivity contribution in [2.75, 3.05) is 6.54 Å². The molecule has 0 saturated carbocycles. The molecule has 1 unspecified atom stereocenters. The molecule has 0 aromatic carbocycles. The number of aliphatic hydroxyl groups excluding tert-OH is 1. The van der Waals surface area contributed by atoms with Gasteiger partial charge < -0.3 is 10.4 Å². The quantitative estimate of drug-likeness (QED) is 0.799. The van der Waals surface area contributed by atoms with Gasteiger partial charge in [0.25, 0.3) is 12.3 Å². The minimum absolute atomic E-state index is 0.298. The van der Waals surface area contributed by atoms with E-state index in [0.29, 0.717) is 17.9 Å². The fourth-order valence-corrected chi connectivity index (χ4v) is 1.35. The molecule has 0 saturated heterocycles. The Bertz CT molecular complexity index is 393.